The molecule has 0 heterocycles. The topological polar surface area (TPSA) is 82.4 Å². The summed E-state index contributed by atoms with van der Waals surface area (Å²) in [5.74, 6) is 0.0691. The van der Waals surface area contributed by atoms with Gasteiger partial charge >= 0.3 is 151 Å². The molecule has 0 saturated carbocycles. The van der Waals surface area contributed by atoms with E-state index in [-0.39, 0.29) is 23.1 Å². The molecule has 25 heavy (non-hydrogen) atoms. The summed E-state index contributed by atoms with van der Waals surface area (Å²) in [6, 6.07) is 4.52. The van der Waals surface area contributed by atoms with E-state index in [0.29, 0.717) is 5.75 Å². The van der Waals surface area contributed by atoms with E-state index in [1.807, 2.05) is 35.3 Å². The molecule has 1 atom stereocenters. The number of aromatic hydroxyl groups is 1. The SMILES string of the molecule is C[I-]Oc1ccc(C(=O)NC(=N)C2=CC=CC3=CC=CCC32)cc1O. The molecular formula is C19H18IN2O3-. The van der Waals surface area contributed by atoms with E-state index in [2.05, 4.69) is 11.4 Å². The van der Waals surface area contributed by atoms with Crippen molar-refractivity contribution in [2.45, 2.75) is 6.42 Å². The van der Waals surface area contributed by atoms with E-state index in [4.69, 9.17) is 8.48 Å². The van der Waals surface area contributed by atoms with E-state index >= 15 is 0 Å². The number of hydrogen-bond acceptors (Lipinski definition) is 4. The molecule has 3 rings (SSSR count). The number of alkyl halides is 1. The number of nitrogens with one attached hydrogen (secondary N) is 2. The first kappa shape index (κ1) is 17.5. The fraction of sp³-hybridized carbons (Fsp3) is 0.158. The molecule has 1 aromatic rings. The Morgan fingerprint density at radius 1 is 1.36 bits per heavy atom. The maximum absolute atomic E-state index is 12.4. The third-order valence-electron chi connectivity index (χ3n) is 4.05. The van der Waals surface area contributed by atoms with Gasteiger partial charge in [-0.05, 0) is 0 Å². The zero-order valence-electron chi connectivity index (χ0n) is 13.6. The monoisotopic (exact) mass is 449 g/mol. The van der Waals surface area contributed by atoms with Crippen LogP contribution in [0.25, 0.3) is 0 Å². The molecule has 0 fully saturated rings. The van der Waals surface area contributed by atoms with Crippen LogP contribution in [0, 0.1) is 11.3 Å². The van der Waals surface area contributed by atoms with Crippen LogP contribution >= 0.6 is 0 Å². The van der Waals surface area contributed by atoms with Gasteiger partial charge in [0.15, 0.2) is 0 Å². The van der Waals surface area contributed by atoms with Crippen molar-refractivity contribution in [1.29, 1.82) is 5.41 Å². The number of fused-ring (bicyclic) bond motifs is 1. The molecule has 2 aliphatic rings. The second-order valence-corrected chi connectivity index (χ2v) is 6.93. The number of carbonyl (C=O) groups is 1. The Kier molecular flexibility index (Phi) is 5.37. The summed E-state index contributed by atoms with van der Waals surface area (Å²) in [5, 5.41) is 20.8. The average molecular weight is 449 g/mol. The van der Waals surface area contributed by atoms with Crippen LogP contribution in [0.3, 0.4) is 0 Å². The van der Waals surface area contributed by atoms with E-state index in [9.17, 15) is 9.90 Å². The fourth-order valence-electron chi connectivity index (χ4n) is 2.83. The minimum atomic E-state index is -0.465. The Bertz CT molecular complexity index is 837. The number of carbonyl (C=O) groups excluding carboxylic acids is 1. The van der Waals surface area contributed by atoms with Crippen LogP contribution < -0.4 is 30.0 Å². The van der Waals surface area contributed by atoms with Gasteiger partial charge in [0.1, 0.15) is 0 Å². The first-order valence-electron chi connectivity index (χ1n) is 7.75. The van der Waals surface area contributed by atoms with Crippen molar-refractivity contribution >= 4 is 11.7 Å². The molecule has 5 nitrogen and oxygen atoms in total. The normalized spacial score (nSPS) is 18.2. The van der Waals surface area contributed by atoms with Crippen LogP contribution in [-0.2, 0) is 0 Å². The van der Waals surface area contributed by atoms with Crippen LogP contribution in [0.5, 0.6) is 11.5 Å². The van der Waals surface area contributed by atoms with Crippen LogP contribution in [0.2, 0.25) is 0 Å². The summed E-state index contributed by atoms with van der Waals surface area (Å²) < 4.78 is 5.36. The number of allylic oxidation sites excluding steroid dienone is 7. The zero-order valence-corrected chi connectivity index (χ0v) is 15.8. The van der Waals surface area contributed by atoms with Gasteiger partial charge in [-0.1, -0.05) is 6.08 Å². The van der Waals surface area contributed by atoms with Crippen LogP contribution in [0.1, 0.15) is 16.8 Å². The minimum absolute atomic E-state index is 0.0665. The second-order valence-electron chi connectivity index (χ2n) is 5.61. The summed E-state index contributed by atoms with van der Waals surface area (Å²) in [7, 11) is 0. The maximum atomic E-state index is 12.4. The number of halogens is 1. The van der Waals surface area contributed by atoms with Crippen LogP contribution in [0.15, 0.2) is 65.8 Å². The number of phenolic OH excluding ortho intramolecular Hbond substituents is 1. The fourth-order valence-corrected chi connectivity index (χ4v) is 3.67. The van der Waals surface area contributed by atoms with Crippen LogP contribution in [-0.4, -0.2) is 21.8 Å². The summed E-state index contributed by atoms with van der Waals surface area (Å²) >= 11 is -0.465. The standard InChI is InChI=1S/C19H18IN2O3/c1-20-25-17-10-9-13(11-16(17)23)19(24)22-18(21)15-8-4-6-12-5-2-3-7-14(12)15/h2-6,8-11,14,23H,7H2,1H3,(H2,21,22,24)/q-1. The van der Waals surface area contributed by atoms with E-state index < -0.39 is 27.5 Å². The van der Waals surface area contributed by atoms with Gasteiger partial charge in [0, 0.05) is 0 Å². The molecule has 1 amide bonds. The molecule has 1 unspecified atom stereocenters. The van der Waals surface area contributed by atoms with Gasteiger partial charge in [-0.2, -0.15) is 0 Å². The number of hydrogen-bond donors (Lipinski definition) is 3. The number of amidine groups is 1. The molecule has 130 valence electrons. The van der Waals surface area contributed by atoms with Gasteiger partial charge in [-0.3, -0.25) is 0 Å². The van der Waals surface area contributed by atoms with Gasteiger partial charge in [-0.15, -0.1) is 0 Å². The molecule has 0 bridgehead atoms. The summed E-state index contributed by atoms with van der Waals surface area (Å²) in [6.07, 6.45) is 12.7. The van der Waals surface area contributed by atoms with Gasteiger partial charge in [0.25, 0.3) is 0 Å². The van der Waals surface area contributed by atoms with Crippen molar-refractivity contribution in [2.75, 3.05) is 4.93 Å². The number of amides is 1. The average Bonchev–Trinajstić information content (AvgIpc) is 2.63. The Hall–Kier alpha value is -2.35. The summed E-state index contributed by atoms with van der Waals surface area (Å²) in [4.78, 5) is 14.3. The molecule has 0 spiro atoms. The predicted octanol–water partition coefficient (Wildman–Crippen LogP) is 0.111. The number of benzene rings is 1. The van der Waals surface area contributed by atoms with Crippen molar-refractivity contribution in [3.05, 3.63) is 71.4 Å². The Morgan fingerprint density at radius 3 is 2.96 bits per heavy atom. The quantitative estimate of drug-likeness (QED) is 0.264. The van der Waals surface area contributed by atoms with Gasteiger partial charge in [-0.25, -0.2) is 0 Å². The van der Waals surface area contributed by atoms with Crippen molar-refractivity contribution in [1.82, 2.24) is 5.32 Å². The molecule has 3 N–H and O–H groups in total. The summed E-state index contributed by atoms with van der Waals surface area (Å²) in [5.41, 5.74) is 2.21. The van der Waals surface area contributed by atoms with Gasteiger partial charge in [0.2, 0.25) is 0 Å². The number of rotatable bonds is 4. The molecule has 0 radical (unpaired) electrons. The molecular weight excluding hydrogens is 431 g/mol. The Labute approximate surface area is 157 Å². The van der Waals surface area contributed by atoms with E-state index in [1.165, 1.54) is 6.07 Å². The van der Waals surface area contributed by atoms with E-state index in [0.717, 1.165) is 17.6 Å². The third-order valence-corrected chi connectivity index (χ3v) is 4.96. The Balaban J connectivity index is 1.73. The predicted molar refractivity (Wildman–Crippen MR) is 92.4 cm³/mol. The zero-order chi connectivity index (χ0) is 17.8. The van der Waals surface area contributed by atoms with E-state index in [1.54, 1.807) is 12.1 Å². The third kappa shape index (κ3) is 3.84. The van der Waals surface area contributed by atoms with Crippen molar-refractivity contribution in [2.24, 2.45) is 5.92 Å². The Morgan fingerprint density at radius 2 is 2.20 bits per heavy atom. The first-order chi connectivity index (χ1) is 12.1. The molecule has 0 aliphatic heterocycles. The van der Waals surface area contributed by atoms with Crippen molar-refractivity contribution < 1.29 is 34.6 Å². The van der Waals surface area contributed by atoms with Crippen LogP contribution in [0.4, 0.5) is 0 Å². The second kappa shape index (κ2) is 7.69. The van der Waals surface area contributed by atoms with Crippen molar-refractivity contribution in [3.8, 4) is 11.5 Å². The summed E-state index contributed by atoms with van der Waals surface area (Å²) in [6.45, 7) is 0. The number of phenols is 1. The molecule has 2 aliphatic carbocycles. The first-order valence-corrected chi connectivity index (χ1v) is 10.8. The molecule has 1 aromatic carbocycles. The molecule has 6 heteroatoms. The van der Waals surface area contributed by atoms with Gasteiger partial charge in [0.05, 0.1) is 0 Å². The van der Waals surface area contributed by atoms with Gasteiger partial charge < -0.3 is 0 Å². The van der Waals surface area contributed by atoms with Crippen molar-refractivity contribution in [3.63, 3.8) is 0 Å². The molecule has 0 aromatic heterocycles. The molecule has 0 saturated heterocycles.